The largest absolute Gasteiger partial charge is 0.311 e. The molecule has 0 unspecified atom stereocenters. The Morgan fingerprint density at radius 3 is 2.32 bits per heavy atom. The quantitative estimate of drug-likeness (QED) is 0.802. The smallest absolute Gasteiger partial charge is 0.250 e. The Balaban J connectivity index is 2.11. The fourth-order valence-corrected chi connectivity index (χ4v) is 5.07. The van der Waals surface area contributed by atoms with Gasteiger partial charge in [0, 0.05) is 30.6 Å². The highest BCUT2D eigenvalue weighted by atomic mass is 32.2. The Morgan fingerprint density at radius 1 is 1.16 bits per heavy atom. The topological polar surface area (TPSA) is 66.5 Å². The second-order valence-corrected chi connectivity index (χ2v) is 9.05. The molecule has 0 saturated carbocycles. The zero-order valence-electron chi connectivity index (χ0n) is 15.0. The Labute approximate surface area is 153 Å². The van der Waals surface area contributed by atoms with E-state index in [2.05, 4.69) is 4.72 Å². The molecule has 1 heterocycles. The van der Waals surface area contributed by atoms with Crippen LogP contribution in [0.5, 0.6) is 0 Å². The molecule has 136 valence electrons. The summed E-state index contributed by atoms with van der Waals surface area (Å²) < 4.78 is 27.7. The summed E-state index contributed by atoms with van der Waals surface area (Å²) in [6.07, 6.45) is 0.810. The Kier molecular flexibility index (Phi) is 6.37. The number of hydrogen-bond donors (Lipinski definition) is 1. The second kappa shape index (κ2) is 8.12. The van der Waals surface area contributed by atoms with E-state index >= 15 is 0 Å². The van der Waals surface area contributed by atoms with Crippen LogP contribution in [-0.2, 0) is 21.2 Å². The standard InChI is InChI=1S/C18H24N2O3S2/c1-5-16-9-10-17(24-16)25(22,23)19-11-12-20(15(4)21)18-13(2)7-6-8-14(18)3/h6-10,19H,5,11-12H2,1-4H3. The summed E-state index contributed by atoms with van der Waals surface area (Å²) in [5.74, 6) is -0.110. The number of carbonyl (C=O) groups is 1. The summed E-state index contributed by atoms with van der Waals surface area (Å²) in [6.45, 7) is 7.82. The van der Waals surface area contributed by atoms with Crippen molar-refractivity contribution < 1.29 is 13.2 Å². The van der Waals surface area contributed by atoms with E-state index in [1.165, 1.54) is 18.3 Å². The minimum absolute atomic E-state index is 0.110. The molecule has 0 radical (unpaired) electrons. The predicted octanol–water partition coefficient (Wildman–Crippen LogP) is 3.26. The van der Waals surface area contributed by atoms with Gasteiger partial charge in [0.05, 0.1) is 0 Å². The maximum atomic E-state index is 12.4. The van der Waals surface area contributed by atoms with Crippen LogP contribution in [0.2, 0.25) is 0 Å². The van der Waals surface area contributed by atoms with Crippen LogP contribution >= 0.6 is 11.3 Å². The third-order valence-electron chi connectivity index (χ3n) is 3.97. The molecule has 0 aliphatic carbocycles. The van der Waals surface area contributed by atoms with Crippen molar-refractivity contribution in [3.05, 3.63) is 46.3 Å². The molecular weight excluding hydrogens is 356 g/mol. The first-order valence-electron chi connectivity index (χ1n) is 8.19. The summed E-state index contributed by atoms with van der Waals surface area (Å²) in [5.41, 5.74) is 2.83. The monoisotopic (exact) mass is 380 g/mol. The van der Waals surface area contributed by atoms with E-state index in [4.69, 9.17) is 0 Å². The summed E-state index contributed by atoms with van der Waals surface area (Å²) in [6, 6.07) is 9.29. The SMILES string of the molecule is CCc1ccc(S(=O)(=O)NCCN(C(C)=O)c2c(C)cccc2C)s1. The number of nitrogens with zero attached hydrogens (tertiary/aromatic N) is 1. The molecule has 2 rings (SSSR count). The highest BCUT2D eigenvalue weighted by molar-refractivity contribution is 7.91. The minimum atomic E-state index is -3.54. The van der Waals surface area contributed by atoms with Crippen molar-refractivity contribution in [3.63, 3.8) is 0 Å². The van der Waals surface area contributed by atoms with Gasteiger partial charge in [0.25, 0.3) is 0 Å². The maximum absolute atomic E-state index is 12.4. The van der Waals surface area contributed by atoms with Crippen LogP contribution in [0, 0.1) is 13.8 Å². The van der Waals surface area contributed by atoms with Crippen LogP contribution in [-0.4, -0.2) is 27.4 Å². The first kappa shape index (κ1) is 19.6. The van der Waals surface area contributed by atoms with Gasteiger partial charge < -0.3 is 4.90 Å². The molecule has 0 aliphatic heterocycles. The fraction of sp³-hybridized carbons (Fsp3) is 0.389. The van der Waals surface area contributed by atoms with Gasteiger partial charge in [-0.3, -0.25) is 4.79 Å². The Morgan fingerprint density at radius 2 is 1.80 bits per heavy atom. The van der Waals surface area contributed by atoms with Crippen molar-refractivity contribution in [2.75, 3.05) is 18.0 Å². The van der Waals surface area contributed by atoms with E-state index in [1.54, 1.807) is 11.0 Å². The van der Waals surface area contributed by atoms with E-state index in [1.807, 2.05) is 45.0 Å². The lowest BCUT2D eigenvalue weighted by Gasteiger charge is -2.25. The molecule has 0 saturated heterocycles. The van der Waals surface area contributed by atoms with Gasteiger partial charge in [-0.1, -0.05) is 25.1 Å². The molecular formula is C18H24N2O3S2. The second-order valence-electron chi connectivity index (χ2n) is 5.88. The molecule has 0 bridgehead atoms. The number of nitrogens with one attached hydrogen (secondary N) is 1. The molecule has 0 atom stereocenters. The molecule has 25 heavy (non-hydrogen) atoms. The van der Waals surface area contributed by atoms with Gasteiger partial charge in [-0.25, -0.2) is 13.1 Å². The van der Waals surface area contributed by atoms with Crippen LogP contribution in [0.25, 0.3) is 0 Å². The third kappa shape index (κ3) is 4.68. The predicted molar refractivity (Wildman–Crippen MR) is 103 cm³/mol. The molecule has 2 aromatic rings. The summed E-state index contributed by atoms with van der Waals surface area (Å²) in [7, 11) is -3.54. The number of carbonyl (C=O) groups excluding carboxylic acids is 1. The van der Waals surface area contributed by atoms with Crippen LogP contribution in [0.3, 0.4) is 0 Å². The van der Waals surface area contributed by atoms with Crippen molar-refractivity contribution >= 4 is 33.0 Å². The molecule has 0 fully saturated rings. The minimum Gasteiger partial charge on any atom is -0.311 e. The fourth-order valence-electron chi connectivity index (χ4n) is 2.71. The average Bonchev–Trinajstić information content (AvgIpc) is 3.02. The van der Waals surface area contributed by atoms with Crippen molar-refractivity contribution in [3.8, 4) is 0 Å². The zero-order valence-corrected chi connectivity index (χ0v) is 16.6. The lowest BCUT2D eigenvalue weighted by Crippen LogP contribution is -2.38. The number of benzene rings is 1. The van der Waals surface area contributed by atoms with E-state index in [9.17, 15) is 13.2 Å². The van der Waals surface area contributed by atoms with Crippen molar-refractivity contribution in [2.24, 2.45) is 0 Å². The van der Waals surface area contributed by atoms with Gasteiger partial charge >= 0.3 is 0 Å². The van der Waals surface area contributed by atoms with Crippen molar-refractivity contribution in [2.45, 2.75) is 38.3 Å². The van der Waals surface area contributed by atoms with Gasteiger partial charge in [-0.05, 0) is 43.5 Å². The molecule has 0 spiro atoms. The van der Waals surface area contributed by atoms with Crippen LogP contribution in [0.15, 0.2) is 34.5 Å². The number of hydrogen-bond acceptors (Lipinski definition) is 4. The molecule has 1 amide bonds. The number of para-hydroxylation sites is 1. The lowest BCUT2D eigenvalue weighted by molar-refractivity contribution is -0.116. The molecule has 0 aliphatic rings. The van der Waals surface area contributed by atoms with E-state index in [0.29, 0.717) is 4.21 Å². The van der Waals surface area contributed by atoms with Crippen molar-refractivity contribution in [1.29, 1.82) is 0 Å². The van der Waals surface area contributed by atoms with E-state index < -0.39 is 10.0 Å². The number of rotatable bonds is 7. The molecule has 1 aromatic carbocycles. The van der Waals surface area contributed by atoms with Gasteiger partial charge in [-0.15, -0.1) is 11.3 Å². The number of thiophene rings is 1. The molecule has 5 nitrogen and oxygen atoms in total. The average molecular weight is 381 g/mol. The van der Waals surface area contributed by atoms with Crippen LogP contribution in [0.4, 0.5) is 5.69 Å². The van der Waals surface area contributed by atoms with Gasteiger partial charge in [0.1, 0.15) is 4.21 Å². The molecule has 1 N–H and O–H groups in total. The summed E-state index contributed by atoms with van der Waals surface area (Å²) in [5, 5.41) is 0. The van der Waals surface area contributed by atoms with Gasteiger partial charge in [-0.2, -0.15) is 0 Å². The first-order chi connectivity index (χ1) is 11.8. The number of amides is 1. The highest BCUT2D eigenvalue weighted by Gasteiger charge is 2.19. The first-order valence-corrected chi connectivity index (χ1v) is 10.5. The zero-order chi connectivity index (χ0) is 18.6. The number of anilines is 1. The van der Waals surface area contributed by atoms with Gasteiger partial charge in [0.2, 0.25) is 15.9 Å². The van der Waals surface area contributed by atoms with Crippen LogP contribution in [0.1, 0.15) is 29.9 Å². The van der Waals surface area contributed by atoms with Crippen molar-refractivity contribution in [1.82, 2.24) is 4.72 Å². The number of sulfonamides is 1. The van der Waals surface area contributed by atoms with E-state index in [0.717, 1.165) is 28.1 Å². The van der Waals surface area contributed by atoms with E-state index in [-0.39, 0.29) is 19.0 Å². The summed E-state index contributed by atoms with van der Waals surface area (Å²) in [4.78, 5) is 14.7. The number of aryl methyl sites for hydroxylation is 3. The summed E-state index contributed by atoms with van der Waals surface area (Å²) >= 11 is 1.28. The molecule has 7 heteroatoms. The maximum Gasteiger partial charge on any atom is 0.250 e. The van der Waals surface area contributed by atoms with Gasteiger partial charge in [0.15, 0.2) is 0 Å². The Hall–Kier alpha value is -1.70. The normalized spacial score (nSPS) is 11.5. The third-order valence-corrected chi connectivity index (χ3v) is 7.15. The highest BCUT2D eigenvalue weighted by Crippen LogP contribution is 2.25. The molecule has 1 aromatic heterocycles. The Bertz CT molecular complexity index is 837. The van der Waals surface area contributed by atoms with Crippen LogP contribution < -0.4 is 9.62 Å². The lowest BCUT2D eigenvalue weighted by atomic mass is 10.1.